The number of aromatic nitrogens is 1. The van der Waals surface area contributed by atoms with Gasteiger partial charge in [-0.05, 0) is 54.7 Å². The number of ether oxygens (including phenoxy) is 1. The lowest BCUT2D eigenvalue weighted by atomic mass is 10.1. The molecule has 1 aromatic heterocycles. The number of nitrogens with one attached hydrogen (secondary N) is 2. The second-order valence-electron chi connectivity index (χ2n) is 9.74. The number of hydrogen-bond acceptors (Lipinski definition) is 7. The number of aliphatic hydroxyl groups is 1. The van der Waals surface area contributed by atoms with E-state index in [1.165, 1.54) is 6.20 Å². The van der Waals surface area contributed by atoms with Crippen LogP contribution in [0.2, 0.25) is 5.02 Å². The molecule has 1 unspecified atom stereocenters. The Hall–Kier alpha value is -2.76. The van der Waals surface area contributed by atoms with Crippen LogP contribution in [0.3, 0.4) is 0 Å². The third kappa shape index (κ3) is 7.89. The standard InChI is InChI=1S/C28H34ClN3O6S/c29-22-5-2-20(3-6-22)16-23(39(36,37)15-1-12-33)8-9-30-28(35)25-18-31-26-7-4-21(17-24(26)27(25)34)19-32-10-13-38-14-11-32/h2-7,17-18,23,33H,1,8-16,19H2,(H,30,35)(H,31,34). The van der Waals surface area contributed by atoms with Crippen LogP contribution in [0.5, 0.6) is 0 Å². The fourth-order valence-electron chi connectivity index (χ4n) is 4.72. The van der Waals surface area contributed by atoms with E-state index in [9.17, 15) is 18.0 Å². The molecule has 0 spiro atoms. The van der Waals surface area contributed by atoms with Gasteiger partial charge in [0.15, 0.2) is 9.84 Å². The summed E-state index contributed by atoms with van der Waals surface area (Å²) in [6.07, 6.45) is 1.96. The lowest BCUT2D eigenvalue weighted by Crippen LogP contribution is -2.35. The molecule has 1 amide bonds. The molecule has 0 aliphatic carbocycles. The summed E-state index contributed by atoms with van der Waals surface area (Å²) in [5, 5.41) is 12.1. The van der Waals surface area contributed by atoms with Gasteiger partial charge >= 0.3 is 0 Å². The van der Waals surface area contributed by atoms with Gasteiger partial charge in [-0.1, -0.05) is 29.8 Å². The molecule has 3 N–H and O–H groups in total. The Morgan fingerprint density at radius 2 is 1.85 bits per heavy atom. The largest absolute Gasteiger partial charge is 0.396 e. The molecule has 0 bridgehead atoms. The highest BCUT2D eigenvalue weighted by atomic mass is 35.5. The Morgan fingerprint density at radius 1 is 1.13 bits per heavy atom. The summed E-state index contributed by atoms with van der Waals surface area (Å²) in [5.41, 5.74) is 2.02. The number of benzene rings is 2. The van der Waals surface area contributed by atoms with Crippen LogP contribution in [-0.4, -0.2) is 79.8 Å². The number of nitrogens with zero attached hydrogens (tertiary/aromatic N) is 1. The number of pyridine rings is 1. The lowest BCUT2D eigenvalue weighted by Gasteiger charge is -2.26. The Morgan fingerprint density at radius 3 is 2.56 bits per heavy atom. The first-order valence-electron chi connectivity index (χ1n) is 13.1. The van der Waals surface area contributed by atoms with Crippen LogP contribution in [0.1, 0.15) is 34.3 Å². The average Bonchev–Trinajstić information content (AvgIpc) is 2.93. The number of carbonyl (C=O) groups is 1. The molecule has 0 radical (unpaired) electrons. The number of amides is 1. The molecule has 2 aromatic carbocycles. The molecule has 1 atom stereocenters. The fourth-order valence-corrected chi connectivity index (χ4v) is 6.63. The molecule has 3 aromatic rings. The third-order valence-corrected chi connectivity index (χ3v) is 9.45. The molecule has 39 heavy (non-hydrogen) atoms. The first-order chi connectivity index (χ1) is 18.8. The zero-order valence-electron chi connectivity index (χ0n) is 21.7. The van der Waals surface area contributed by atoms with Gasteiger partial charge in [-0.25, -0.2) is 8.42 Å². The molecule has 210 valence electrons. The molecule has 1 aliphatic heterocycles. The number of H-pyrrole nitrogens is 1. The van der Waals surface area contributed by atoms with Gasteiger partial charge in [0.2, 0.25) is 5.43 Å². The zero-order valence-corrected chi connectivity index (χ0v) is 23.3. The second-order valence-corrected chi connectivity index (χ2v) is 12.6. The van der Waals surface area contributed by atoms with E-state index in [4.69, 9.17) is 21.4 Å². The Labute approximate surface area is 233 Å². The van der Waals surface area contributed by atoms with Crippen LogP contribution in [0.25, 0.3) is 10.9 Å². The van der Waals surface area contributed by atoms with Gasteiger partial charge in [0.1, 0.15) is 5.56 Å². The smallest absolute Gasteiger partial charge is 0.256 e. The highest BCUT2D eigenvalue weighted by molar-refractivity contribution is 7.92. The maximum atomic E-state index is 13.2. The summed E-state index contributed by atoms with van der Waals surface area (Å²) in [6, 6.07) is 12.6. The molecule has 1 saturated heterocycles. The van der Waals surface area contributed by atoms with Crippen molar-refractivity contribution in [1.29, 1.82) is 0 Å². The maximum absolute atomic E-state index is 13.2. The predicted molar refractivity (Wildman–Crippen MR) is 152 cm³/mol. The summed E-state index contributed by atoms with van der Waals surface area (Å²) >= 11 is 5.96. The number of aliphatic hydroxyl groups excluding tert-OH is 1. The van der Waals surface area contributed by atoms with E-state index >= 15 is 0 Å². The van der Waals surface area contributed by atoms with Gasteiger partial charge < -0.3 is 20.1 Å². The topological polar surface area (TPSA) is 129 Å². The first kappa shape index (κ1) is 29.2. The van der Waals surface area contributed by atoms with E-state index in [2.05, 4.69) is 15.2 Å². The number of sulfone groups is 1. The van der Waals surface area contributed by atoms with Crippen LogP contribution >= 0.6 is 11.6 Å². The first-order valence-corrected chi connectivity index (χ1v) is 15.2. The van der Waals surface area contributed by atoms with Crippen molar-refractivity contribution in [2.75, 3.05) is 45.2 Å². The second kappa shape index (κ2) is 13.5. The SMILES string of the molecule is O=C(NCCC(Cc1ccc(Cl)cc1)S(=O)(=O)CCCO)c1c[nH]c2ccc(CN3CCOCC3)cc2c1=O. The van der Waals surface area contributed by atoms with E-state index in [0.717, 1.165) is 24.2 Å². The summed E-state index contributed by atoms with van der Waals surface area (Å²) in [5.74, 6) is -0.706. The van der Waals surface area contributed by atoms with E-state index in [1.54, 1.807) is 24.3 Å². The minimum absolute atomic E-state index is 0.0246. The number of morpholine rings is 1. The predicted octanol–water partition coefficient (Wildman–Crippen LogP) is 2.54. The van der Waals surface area contributed by atoms with Crippen LogP contribution in [0.4, 0.5) is 0 Å². The molecular formula is C28H34ClN3O6S. The highest BCUT2D eigenvalue weighted by Gasteiger charge is 2.26. The van der Waals surface area contributed by atoms with Gasteiger partial charge in [0.05, 0.1) is 24.2 Å². The van der Waals surface area contributed by atoms with Crippen molar-refractivity contribution < 1.29 is 23.1 Å². The van der Waals surface area contributed by atoms with Gasteiger partial charge in [-0.15, -0.1) is 0 Å². The Balaban J connectivity index is 1.45. The van der Waals surface area contributed by atoms with Crippen molar-refractivity contribution in [2.45, 2.75) is 31.1 Å². The summed E-state index contributed by atoms with van der Waals surface area (Å²) in [4.78, 5) is 31.5. The summed E-state index contributed by atoms with van der Waals surface area (Å²) in [7, 11) is -3.53. The van der Waals surface area contributed by atoms with Crippen molar-refractivity contribution >= 4 is 38.2 Å². The molecular weight excluding hydrogens is 542 g/mol. The van der Waals surface area contributed by atoms with Crippen LogP contribution < -0.4 is 10.7 Å². The molecule has 11 heteroatoms. The number of rotatable bonds is 12. The molecule has 1 fully saturated rings. The lowest BCUT2D eigenvalue weighted by molar-refractivity contribution is 0.0342. The van der Waals surface area contributed by atoms with Crippen molar-refractivity contribution in [3.8, 4) is 0 Å². The fraction of sp³-hybridized carbons (Fsp3) is 0.429. The van der Waals surface area contributed by atoms with Gasteiger partial charge in [0.25, 0.3) is 5.91 Å². The van der Waals surface area contributed by atoms with Crippen molar-refractivity contribution in [3.05, 3.63) is 80.6 Å². The van der Waals surface area contributed by atoms with E-state index in [0.29, 0.717) is 35.7 Å². The van der Waals surface area contributed by atoms with Gasteiger partial charge in [0, 0.05) is 54.9 Å². The molecule has 1 aliphatic rings. The number of hydrogen-bond donors (Lipinski definition) is 3. The number of aromatic amines is 1. The summed E-state index contributed by atoms with van der Waals surface area (Å²) in [6.45, 7) is 3.56. The van der Waals surface area contributed by atoms with E-state index in [-0.39, 0.29) is 49.2 Å². The Bertz CT molecular complexity index is 1440. The zero-order chi connectivity index (χ0) is 27.8. The van der Waals surface area contributed by atoms with E-state index < -0.39 is 21.0 Å². The Kier molecular flexibility index (Phi) is 10.1. The summed E-state index contributed by atoms with van der Waals surface area (Å²) < 4.78 is 31.3. The molecule has 0 saturated carbocycles. The van der Waals surface area contributed by atoms with Gasteiger partial charge in [-0.2, -0.15) is 0 Å². The molecule has 4 rings (SSSR count). The minimum atomic E-state index is -3.53. The maximum Gasteiger partial charge on any atom is 0.256 e. The quantitative estimate of drug-likeness (QED) is 0.303. The number of fused-ring (bicyclic) bond motifs is 1. The van der Waals surface area contributed by atoms with Gasteiger partial charge in [-0.3, -0.25) is 14.5 Å². The van der Waals surface area contributed by atoms with Crippen LogP contribution in [0, 0.1) is 0 Å². The highest BCUT2D eigenvalue weighted by Crippen LogP contribution is 2.18. The van der Waals surface area contributed by atoms with Crippen molar-refractivity contribution in [2.24, 2.45) is 0 Å². The molecule has 9 nitrogen and oxygen atoms in total. The van der Waals surface area contributed by atoms with Crippen LogP contribution in [-0.2, 0) is 27.5 Å². The minimum Gasteiger partial charge on any atom is -0.396 e. The molecule has 2 heterocycles. The third-order valence-electron chi connectivity index (χ3n) is 6.92. The van der Waals surface area contributed by atoms with Crippen molar-refractivity contribution in [1.82, 2.24) is 15.2 Å². The monoisotopic (exact) mass is 575 g/mol. The number of halogens is 1. The van der Waals surface area contributed by atoms with Crippen molar-refractivity contribution in [3.63, 3.8) is 0 Å². The number of carbonyl (C=O) groups excluding carboxylic acids is 1. The van der Waals surface area contributed by atoms with E-state index in [1.807, 2.05) is 18.2 Å². The van der Waals surface area contributed by atoms with Crippen LogP contribution in [0.15, 0.2) is 53.5 Å². The average molecular weight is 576 g/mol. The normalized spacial score (nSPS) is 15.3.